The topological polar surface area (TPSA) is 60.0 Å². The Bertz CT molecular complexity index is 943. The lowest BCUT2D eigenvalue weighted by Gasteiger charge is -2.32. The number of ether oxygens (including phenoxy) is 3. The number of nitrogens with zero attached hydrogens (tertiary/aromatic N) is 1. The van der Waals surface area contributed by atoms with E-state index in [9.17, 15) is 4.79 Å². The molecular weight excluding hydrogens is 392 g/mol. The maximum atomic E-state index is 12.6. The predicted molar refractivity (Wildman–Crippen MR) is 121 cm³/mol. The summed E-state index contributed by atoms with van der Waals surface area (Å²) >= 11 is 0. The van der Waals surface area contributed by atoms with Gasteiger partial charge in [0.2, 0.25) is 0 Å². The molecule has 1 N–H and O–H groups in total. The van der Waals surface area contributed by atoms with Gasteiger partial charge in [-0.1, -0.05) is 24.1 Å². The van der Waals surface area contributed by atoms with E-state index < -0.39 is 0 Å². The molecule has 0 unspecified atom stereocenters. The minimum absolute atomic E-state index is 0.0768. The highest BCUT2D eigenvalue weighted by Gasteiger charge is 2.24. The second kappa shape index (κ2) is 10.6. The average Bonchev–Trinajstić information content (AvgIpc) is 2.79. The Morgan fingerprint density at radius 1 is 1.13 bits per heavy atom. The molecule has 164 valence electrons. The summed E-state index contributed by atoms with van der Waals surface area (Å²) in [4.78, 5) is 14.4. The fourth-order valence-electron chi connectivity index (χ4n) is 3.54. The molecule has 6 nitrogen and oxygen atoms in total. The van der Waals surface area contributed by atoms with Crippen LogP contribution in [0, 0.1) is 26.2 Å². The Labute approximate surface area is 184 Å². The van der Waals surface area contributed by atoms with Crippen LogP contribution in [0.15, 0.2) is 36.4 Å². The number of benzene rings is 2. The van der Waals surface area contributed by atoms with Gasteiger partial charge in [0.1, 0.15) is 18.5 Å². The number of amides is 2. The van der Waals surface area contributed by atoms with E-state index >= 15 is 0 Å². The number of nitrogens with one attached hydrogen (secondary N) is 1. The minimum Gasteiger partial charge on any atom is -0.493 e. The third-order valence-electron chi connectivity index (χ3n) is 5.35. The van der Waals surface area contributed by atoms with Crippen LogP contribution in [0.4, 0.5) is 4.79 Å². The molecule has 0 bridgehead atoms. The van der Waals surface area contributed by atoms with Crippen molar-refractivity contribution < 1.29 is 19.0 Å². The van der Waals surface area contributed by atoms with Crippen molar-refractivity contribution in [2.24, 2.45) is 0 Å². The van der Waals surface area contributed by atoms with E-state index in [-0.39, 0.29) is 18.7 Å². The molecule has 6 heteroatoms. The Kier molecular flexibility index (Phi) is 7.66. The van der Waals surface area contributed by atoms with Crippen LogP contribution in [0.5, 0.6) is 17.2 Å². The molecule has 2 amide bonds. The summed E-state index contributed by atoms with van der Waals surface area (Å²) in [7, 11) is 1.58. The number of carbonyl (C=O) groups excluding carboxylic acids is 1. The molecule has 0 aliphatic carbocycles. The van der Waals surface area contributed by atoms with Gasteiger partial charge in [-0.05, 0) is 48.7 Å². The van der Waals surface area contributed by atoms with Gasteiger partial charge in [0.15, 0.2) is 11.5 Å². The van der Waals surface area contributed by atoms with Gasteiger partial charge in [0, 0.05) is 32.5 Å². The van der Waals surface area contributed by atoms with Crippen LogP contribution in [0.1, 0.15) is 29.5 Å². The zero-order valence-electron chi connectivity index (χ0n) is 18.4. The SMILES string of the molecule is C#CCOc1cc(CNC(=O)N2CCC(Oc3cc(C)ccc3C)CC2)ccc1OC. The molecule has 2 aromatic carbocycles. The van der Waals surface area contributed by atoms with Crippen molar-refractivity contribution in [3.05, 3.63) is 53.1 Å². The Hall–Kier alpha value is -3.33. The fraction of sp³-hybridized carbons (Fsp3) is 0.400. The first kappa shape index (κ1) is 22.4. The second-order valence-electron chi connectivity index (χ2n) is 7.71. The summed E-state index contributed by atoms with van der Waals surface area (Å²) in [6.07, 6.45) is 7.02. The van der Waals surface area contributed by atoms with E-state index in [1.165, 1.54) is 5.56 Å². The smallest absolute Gasteiger partial charge is 0.317 e. The molecule has 0 spiro atoms. The minimum atomic E-state index is -0.0768. The molecule has 1 saturated heterocycles. The van der Waals surface area contributed by atoms with E-state index in [1.54, 1.807) is 7.11 Å². The number of urea groups is 1. The fourth-order valence-corrected chi connectivity index (χ4v) is 3.54. The highest BCUT2D eigenvalue weighted by Crippen LogP contribution is 2.28. The van der Waals surface area contributed by atoms with Crippen molar-refractivity contribution in [3.63, 3.8) is 0 Å². The van der Waals surface area contributed by atoms with Gasteiger partial charge >= 0.3 is 6.03 Å². The summed E-state index contributed by atoms with van der Waals surface area (Å²) in [5, 5.41) is 2.98. The number of aryl methyl sites for hydroxylation is 2. The van der Waals surface area contributed by atoms with E-state index in [1.807, 2.05) is 23.1 Å². The summed E-state index contributed by atoms with van der Waals surface area (Å²) in [5.41, 5.74) is 3.23. The second-order valence-corrected chi connectivity index (χ2v) is 7.71. The molecule has 3 rings (SSSR count). The van der Waals surface area contributed by atoms with E-state index in [0.717, 1.165) is 29.7 Å². The van der Waals surface area contributed by atoms with Gasteiger partial charge in [-0.15, -0.1) is 6.42 Å². The molecule has 1 aliphatic heterocycles. The van der Waals surface area contributed by atoms with Crippen LogP contribution < -0.4 is 19.5 Å². The summed E-state index contributed by atoms with van der Waals surface area (Å²) < 4.78 is 17.0. The van der Waals surface area contributed by atoms with Gasteiger partial charge in [-0.2, -0.15) is 0 Å². The van der Waals surface area contributed by atoms with Crippen LogP contribution in [0.25, 0.3) is 0 Å². The molecule has 0 radical (unpaired) electrons. The van der Waals surface area contributed by atoms with Crippen molar-refractivity contribution in [2.45, 2.75) is 39.3 Å². The molecule has 0 atom stereocenters. The molecule has 0 saturated carbocycles. The van der Waals surface area contributed by atoms with E-state index in [0.29, 0.717) is 31.1 Å². The number of terminal acetylenes is 1. The summed E-state index contributed by atoms with van der Waals surface area (Å²) in [6, 6.07) is 11.7. The van der Waals surface area contributed by atoms with Crippen molar-refractivity contribution in [2.75, 3.05) is 26.8 Å². The highest BCUT2D eigenvalue weighted by atomic mass is 16.5. The molecule has 1 fully saturated rings. The molecule has 1 aliphatic rings. The molecular formula is C25H30N2O4. The van der Waals surface area contributed by atoms with Gasteiger partial charge < -0.3 is 24.4 Å². The van der Waals surface area contributed by atoms with Crippen molar-refractivity contribution >= 4 is 6.03 Å². The van der Waals surface area contributed by atoms with Crippen molar-refractivity contribution in [1.82, 2.24) is 10.2 Å². The van der Waals surface area contributed by atoms with E-state index in [4.69, 9.17) is 20.6 Å². The predicted octanol–water partition coefficient (Wildman–Crippen LogP) is 4.08. The standard InChI is InChI=1S/C25H30N2O4/c1-5-14-30-24-16-20(8-9-22(24)29-4)17-26-25(28)27-12-10-21(11-13-27)31-23-15-18(2)6-7-19(23)3/h1,6-9,15-16,21H,10-14,17H2,2-4H3,(H,26,28). The third kappa shape index (κ3) is 6.08. The first-order chi connectivity index (χ1) is 15.0. The van der Waals surface area contributed by atoms with Crippen LogP contribution in [0.3, 0.4) is 0 Å². The Morgan fingerprint density at radius 3 is 2.61 bits per heavy atom. The maximum absolute atomic E-state index is 12.6. The lowest BCUT2D eigenvalue weighted by molar-refractivity contribution is 0.110. The zero-order valence-corrected chi connectivity index (χ0v) is 18.4. The molecule has 0 aromatic heterocycles. The lowest BCUT2D eigenvalue weighted by Crippen LogP contribution is -2.46. The van der Waals surface area contributed by atoms with Gasteiger partial charge in [-0.25, -0.2) is 4.79 Å². The van der Waals surface area contributed by atoms with Crippen molar-refractivity contribution in [3.8, 4) is 29.6 Å². The van der Waals surface area contributed by atoms with Crippen LogP contribution in [0.2, 0.25) is 0 Å². The first-order valence-corrected chi connectivity index (χ1v) is 10.5. The number of piperidine rings is 1. The number of hydrogen-bond donors (Lipinski definition) is 1. The highest BCUT2D eigenvalue weighted by molar-refractivity contribution is 5.74. The number of methoxy groups -OCH3 is 1. The summed E-state index contributed by atoms with van der Waals surface area (Å²) in [6.45, 7) is 6.01. The number of rotatable bonds is 7. The van der Waals surface area contributed by atoms with Gasteiger partial charge in [-0.3, -0.25) is 0 Å². The summed E-state index contributed by atoms with van der Waals surface area (Å²) in [5.74, 6) is 4.55. The average molecular weight is 423 g/mol. The van der Waals surface area contributed by atoms with Crippen LogP contribution in [-0.4, -0.2) is 43.8 Å². The van der Waals surface area contributed by atoms with E-state index in [2.05, 4.69) is 43.3 Å². The quantitative estimate of drug-likeness (QED) is 0.683. The monoisotopic (exact) mass is 422 g/mol. The van der Waals surface area contributed by atoms with Crippen LogP contribution >= 0.6 is 0 Å². The normalized spacial score (nSPS) is 13.9. The Morgan fingerprint density at radius 2 is 1.90 bits per heavy atom. The zero-order chi connectivity index (χ0) is 22.2. The largest absolute Gasteiger partial charge is 0.493 e. The van der Waals surface area contributed by atoms with Crippen molar-refractivity contribution in [1.29, 1.82) is 0 Å². The van der Waals surface area contributed by atoms with Gasteiger partial charge in [0.05, 0.1) is 7.11 Å². The maximum Gasteiger partial charge on any atom is 0.317 e. The first-order valence-electron chi connectivity index (χ1n) is 10.5. The number of carbonyl (C=O) groups is 1. The Balaban J connectivity index is 1.49. The number of likely N-dealkylation sites (tertiary alicyclic amines) is 1. The molecule has 1 heterocycles. The number of hydrogen-bond acceptors (Lipinski definition) is 4. The lowest BCUT2D eigenvalue weighted by atomic mass is 10.1. The molecule has 31 heavy (non-hydrogen) atoms. The molecule has 2 aromatic rings. The van der Waals surface area contributed by atoms with Crippen LogP contribution in [-0.2, 0) is 6.54 Å². The third-order valence-corrected chi connectivity index (χ3v) is 5.35. The van der Waals surface area contributed by atoms with Gasteiger partial charge in [0.25, 0.3) is 0 Å².